The van der Waals surface area contributed by atoms with Gasteiger partial charge in [-0.15, -0.1) is 0 Å². The zero-order valence-electron chi connectivity index (χ0n) is 16.8. The van der Waals surface area contributed by atoms with Crippen LogP contribution in [0.25, 0.3) is 11.2 Å². The first-order valence-corrected chi connectivity index (χ1v) is 12.1. The van der Waals surface area contributed by atoms with Gasteiger partial charge in [0.1, 0.15) is 30.4 Å². The number of aliphatic hydroxyl groups is 1. The Morgan fingerprint density at radius 2 is 2.12 bits per heavy atom. The monoisotopic (exact) mass is 481 g/mol. The van der Waals surface area contributed by atoms with Crippen molar-refractivity contribution in [3.05, 3.63) is 36.2 Å². The Balaban J connectivity index is 1.49. The number of anilines is 1. The van der Waals surface area contributed by atoms with Gasteiger partial charge >= 0.3 is 7.82 Å². The fraction of sp³-hybridized carbons (Fsp3) is 0.389. The number of aromatic nitrogens is 4. The van der Waals surface area contributed by atoms with Gasteiger partial charge in [0.05, 0.1) is 13.7 Å². The highest BCUT2D eigenvalue weighted by Crippen LogP contribution is 2.53. The van der Waals surface area contributed by atoms with Gasteiger partial charge in [-0.3, -0.25) is 13.6 Å². The maximum absolute atomic E-state index is 11.8. The molecule has 3 aromatic rings. The van der Waals surface area contributed by atoms with Crippen LogP contribution in [0, 0.1) is 0 Å². The van der Waals surface area contributed by atoms with Crippen molar-refractivity contribution in [3.63, 3.8) is 0 Å². The second-order valence-corrected chi connectivity index (χ2v) is 9.57. The van der Waals surface area contributed by atoms with Crippen molar-refractivity contribution in [1.82, 2.24) is 19.5 Å². The number of nitrogen functional groups attached to an aromatic ring is 1. The Kier molecular flexibility index (Phi) is 5.58. The summed E-state index contributed by atoms with van der Waals surface area (Å²) in [4.78, 5) is 22.5. The molecule has 0 saturated carbocycles. The summed E-state index contributed by atoms with van der Waals surface area (Å²) in [7, 11) is -2.65. The van der Waals surface area contributed by atoms with Gasteiger partial charge in [-0.1, -0.05) is 23.9 Å². The molecule has 170 valence electrons. The highest BCUT2D eigenvalue weighted by Gasteiger charge is 2.53. The van der Waals surface area contributed by atoms with E-state index in [0.29, 0.717) is 22.1 Å². The van der Waals surface area contributed by atoms with E-state index in [1.807, 2.05) is 24.3 Å². The summed E-state index contributed by atoms with van der Waals surface area (Å²) in [6.45, 7) is -0.190. The number of methoxy groups -OCH3 is 1. The second kappa shape index (κ2) is 8.27. The number of phosphoric ester groups is 1. The Hall–Kier alpha value is -2.25. The van der Waals surface area contributed by atoms with E-state index in [1.54, 1.807) is 11.7 Å². The minimum atomic E-state index is -4.25. The number of nitrogens with two attached hydrogens (primary N) is 1. The molecule has 2 aliphatic heterocycles. The summed E-state index contributed by atoms with van der Waals surface area (Å²) in [5, 5.41) is 11.4. The molecule has 5 rings (SSSR count). The van der Waals surface area contributed by atoms with Crippen LogP contribution in [0.4, 0.5) is 5.82 Å². The molecule has 0 bridgehead atoms. The van der Waals surface area contributed by atoms with Crippen molar-refractivity contribution in [3.8, 4) is 5.75 Å². The van der Waals surface area contributed by atoms with E-state index in [0.717, 1.165) is 11.3 Å². The quantitative estimate of drug-likeness (QED) is 0.356. The normalized spacial score (nSPS) is 29.8. The maximum Gasteiger partial charge on any atom is 0.472 e. The van der Waals surface area contributed by atoms with E-state index in [1.165, 1.54) is 18.1 Å². The van der Waals surface area contributed by atoms with E-state index in [9.17, 15) is 14.6 Å². The van der Waals surface area contributed by atoms with Crippen LogP contribution in [0.1, 0.15) is 11.8 Å². The average molecular weight is 481 g/mol. The van der Waals surface area contributed by atoms with Gasteiger partial charge in [-0.25, -0.2) is 19.5 Å². The standard InChI is InChI=1S/C18H20N5O7PS/c1-27-10-4-2-9(3-5-10)7-32-18-22-12-15(19)20-8-21-16(12)23(18)17-13(24)14-11(29-17)6-28-31(25,26)30-14/h2-5,8,11,13-14,17,24H,6-7H2,1H3,(H,25,26)(H2,19,20,21)/t11-,13-,14-,17-/m1/s1. The van der Waals surface area contributed by atoms with Crippen LogP contribution in [-0.2, 0) is 24.1 Å². The van der Waals surface area contributed by atoms with Crippen molar-refractivity contribution in [2.45, 2.75) is 35.4 Å². The first kappa shape index (κ1) is 21.6. The first-order valence-electron chi connectivity index (χ1n) is 9.59. The van der Waals surface area contributed by atoms with Crippen molar-refractivity contribution >= 4 is 36.6 Å². The van der Waals surface area contributed by atoms with Gasteiger partial charge in [-0.05, 0) is 17.7 Å². The van der Waals surface area contributed by atoms with E-state index >= 15 is 0 Å². The molecule has 4 N–H and O–H groups in total. The van der Waals surface area contributed by atoms with E-state index in [4.69, 9.17) is 24.3 Å². The molecule has 2 saturated heterocycles. The maximum atomic E-state index is 11.8. The second-order valence-electron chi connectivity index (χ2n) is 7.22. The van der Waals surface area contributed by atoms with Crippen LogP contribution < -0.4 is 10.5 Å². The van der Waals surface area contributed by atoms with Gasteiger partial charge in [0.2, 0.25) is 0 Å². The Bertz CT molecular complexity index is 1190. The summed E-state index contributed by atoms with van der Waals surface area (Å²) in [6.07, 6.45) is -2.73. The molecule has 1 aromatic carbocycles. The highest BCUT2D eigenvalue weighted by atomic mass is 32.2. The first-order chi connectivity index (χ1) is 15.4. The van der Waals surface area contributed by atoms with Gasteiger partial charge < -0.3 is 25.2 Å². The van der Waals surface area contributed by atoms with Crippen molar-refractivity contribution < 1.29 is 33.1 Å². The molecular weight excluding hydrogens is 461 g/mol. The molecule has 14 heteroatoms. The lowest BCUT2D eigenvalue weighted by atomic mass is 10.1. The van der Waals surface area contributed by atoms with Crippen LogP contribution in [0.2, 0.25) is 0 Å². The molecule has 0 aliphatic carbocycles. The minimum Gasteiger partial charge on any atom is -0.497 e. The topological polar surface area (TPSA) is 164 Å². The predicted octanol–water partition coefficient (Wildman–Crippen LogP) is 1.48. The third-order valence-electron chi connectivity index (χ3n) is 5.22. The molecule has 5 atom stereocenters. The molecule has 2 aliphatic rings. The summed E-state index contributed by atoms with van der Waals surface area (Å²) in [6, 6.07) is 7.60. The molecule has 0 radical (unpaired) electrons. The molecule has 2 fully saturated rings. The largest absolute Gasteiger partial charge is 0.497 e. The van der Waals surface area contributed by atoms with Crippen LogP contribution in [0.15, 0.2) is 35.7 Å². The third-order valence-corrected chi connectivity index (χ3v) is 7.23. The smallest absolute Gasteiger partial charge is 0.472 e. The predicted molar refractivity (Wildman–Crippen MR) is 113 cm³/mol. The van der Waals surface area contributed by atoms with Crippen LogP contribution in [-0.4, -0.2) is 61.5 Å². The molecule has 0 spiro atoms. The van der Waals surface area contributed by atoms with Crippen LogP contribution in [0.5, 0.6) is 5.75 Å². The van der Waals surface area contributed by atoms with E-state index in [2.05, 4.69) is 15.0 Å². The van der Waals surface area contributed by atoms with Crippen molar-refractivity contribution in [2.75, 3.05) is 19.5 Å². The zero-order valence-corrected chi connectivity index (χ0v) is 18.5. The molecule has 32 heavy (non-hydrogen) atoms. The average Bonchev–Trinajstić information content (AvgIpc) is 3.30. The lowest BCUT2D eigenvalue weighted by molar-refractivity contribution is -0.0684. The van der Waals surface area contributed by atoms with E-state index < -0.39 is 32.4 Å². The van der Waals surface area contributed by atoms with Gasteiger partial charge in [0.15, 0.2) is 28.4 Å². The van der Waals surface area contributed by atoms with E-state index in [-0.39, 0.29) is 12.4 Å². The third kappa shape index (κ3) is 3.86. The number of imidazole rings is 1. The fourth-order valence-electron chi connectivity index (χ4n) is 3.66. The number of phosphoric acid groups is 1. The lowest BCUT2D eigenvalue weighted by Crippen LogP contribution is -2.39. The van der Waals surface area contributed by atoms with Gasteiger partial charge in [-0.2, -0.15) is 0 Å². The van der Waals surface area contributed by atoms with Crippen molar-refractivity contribution in [1.29, 1.82) is 0 Å². The number of nitrogens with zero attached hydrogens (tertiary/aromatic N) is 4. The molecular formula is C18H20N5O7PS. The SMILES string of the molecule is COc1ccc(CSc2nc3c(N)ncnc3n2[C@@H]2O[C@@H]3COP(=O)(O)O[C@H]3[C@H]2O)cc1. The zero-order chi connectivity index (χ0) is 22.5. The molecule has 2 aromatic heterocycles. The molecule has 0 amide bonds. The number of fused-ring (bicyclic) bond motifs is 2. The Morgan fingerprint density at radius 3 is 2.88 bits per heavy atom. The summed E-state index contributed by atoms with van der Waals surface area (Å²) >= 11 is 1.39. The highest BCUT2D eigenvalue weighted by molar-refractivity contribution is 7.98. The number of thioether (sulfide) groups is 1. The number of aliphatic hydroxyl groups excluding tert-OH is 1. The molecule has 12 nitrogen and oxygen atoms in total. The van der Waals surface area contributed by atoms with Crippen LogP contribution >= 0.6 is 19.6 Å². The van der Waals surface area contributed by atoms with Crippen molar-refractivity contribution in [2.24, 2.45) is 0 Å². The fourth-order valence-corrected chi connectivity index (χ4v) is 5.59. The van der Waals surface area contributed by atoms with Gasteiger partial charge in [0.25, 0.3) is 0 Å². The number of hydrogen-bond acceptors (Lipinski definition) is 11. The molecule has 4 heterocycles. The Labute approximate surface area is 186 Å². The minimum absolute atomic E-state index is 0.185. The van der Waals surface area contributed by atoms with Crippen LogP contribution in [0.3, 0.4) is 0 Å². The van der Waals surface area contributed by atoms with Gasteiger partial charge in [0, 0.05) is 5.75 Å². The molecule has 1 unspecified atom stereocenters. The Morgan fingerprint density at radius 1 is 1.34 bits per heavy atom. The summed E-state index contributed by atoms with van der Waals surface area (Å²) in [5.41, 5.74) is 7.74. The summed E-state index contributed by atoms with van der Waals surface area (Å²) < 4.78 is 34.5. The summed E-state index contributed by atoms with van der Waals surface area (Å²) in [5.74, 6) is 1.49. The number of rotatable bonds is 5. The lowest BCUT2D eigenvalue weighted by Gasteiger charge is -2.27. The number of benzene rings is 1. The number of ether oxygens (including phenoxy) is 2. The number of hydrogen-bond donors (Lipinski definition) is 3.